The van der Waals surface area contributed by atoms with Crippen LogP contribution in [-0.2, 0) is 0 Å². The van der Waals surface area contributed by atoms with Crippen molar-refractivity contribution in [3.8, 4) is 11.1 Å². The number of rotatable bonds is 5. The number of hydrogen-bond donors (Lipinski definition) is 2. The number of carbonyl (C=O) groups is 1. The molecule has 0 bridgehead atoms. The molecule has 4 aromatic rings. The van der Waals surface area contributed by atoms with Gasteiger partial charge >= 0.3 is 0 Å². The van der Waals surface area contributed by atoms with Crippen molar-refractivity contribution in [3.05, 3.63) is 89.6 Å². The van der Waals surface area contributed by atoms with Crippen LogP contribution in [0.5, 0.6) is 0 Å². The predicted octanol–water partition coefficient (Wildman–Crippen LogP) is 4.97. The molecule has 0 atom stereocenters. The molecule has 1 amide bonds. The standard InChI is InChI=1S/C25H24N4O/c1-17-9-14-22-21(15-17)23(19-7-5-4-6-8-19)24(27-22)25(30)28-26-16-18-10-12-20(13-11-18)29(2)3/h4-16,27H,1-3H3,(H,28,30)/b26-16+. The molecule has 4 rings (SSSR count). The van der Waals surface area contributed by atoms with Gasteiger partial charge in [0.05, 0.1) is 6.21 Å². The van der Waals surface area contributed by atoms with Crippen LogP contribution in [0.1, 0.15) is 21.6 Å². The summed E-state index contributed by atoms with van der Waals surface area (Å²) in [6, 6.07) is 24.0. The fraction of sp³-hybridized carbons (Fsp3) is 0.120. The molecule has 0 saturated carbocycles. The summed E-state index contributed by atoms with van der Waals surface area (Å²) in [6.07, 6.45) is 1.65. The zero-order chi connectivity index (χ0) is 21.1. The number of hydrazone groups is 1. The zero-order valence-electron chi connectivity index (χ0n) is 17.3. The fourth-order valence-corrected chi connectivity index (χ4v) is 3.46. The fourth-order valence-electron chi connectivity index (χ4n) is 3.46. The number of benzene rings is 3. The Morgan fingerprint density at radius 1 is 1.00 bits per heavy atom. The van der Waals surface area contributed by atoms with E-state index in [1.807, 2.05) is 92.6 Å². The number of nitrogens with one attached hydrogen (secondary N) is 2. The summed E-state index contributed by atoms with van der Waals surface area (Å²) in [5, 5.41) is 5.18. The number of aryl methyl sites for hydroxylation is 1. The molecule has 1 heterocycles. The molecule has 0 fully saturated rings. The molecule has 0 spiro atoms. The van der Waals surface area contributed by atoms with Crippen LogP contribution < -0.4 is 10.3 Å². The molecule has 30 heavy (non-hydrogen) atoms. The van der Waals surface area contributed by atoms with E-state index in [0.717, 1.165) is 38.8 Å². The van der Waals surface area contributed by atoms with E-state index in [9.17, 15) is 4.79 Å². The molecule has 0 aliphatic carbocycles. The molecule has 0 aliphatic rings. The Labute approximate surface area is 176 Å². The molecule has 0 unspecified atom stereocenters. The molecule has 150 valence electrons. The largest absolute Gasteiger partial charge is 0.378 e. The number of H-pyrrole nitrogens is 1. The minimum Gasteiger partial charge on any atom is -0.378 e. The highest BCUT2D eigenvalue weighted by molar-refractivity contribution is 6.10. The number of nitrogens with zero attached hydrogens (tertiary/aromatic N) is 2. The topological polar surface area (TPSA) is 60.5 Å². The summed E-state index contributed by atoms with van der Waals surface area (Å²) in [4.78, 5) is 18.3. The van der Waals surface area contributed by atoms with E-state index in [4.69, 9.17) is 0 Å². The van der Waals surface area contributed by atoms with Gasteiger partial charge in [-0.05, 0) is 42.3 Å². The summed E-state index contributed by atoms with van der Waals surface area (Å²) >= 11 is 0. The van der Waals surface area contributed by atoms with Crippen LogP contribution in [0.2, 0.25) is 0 Å². The lowest BCUT2D eigenvalue weighted by molar-refractivity contribution is 0.0951. The molecule has 3 aromatic carbocycles. The van der Waals surface area contributed by atoms with Crippen molar-refractivity contribution in [2.45, 2.75) is 6.92 Å². The van der Waals surface area contributed by atoms with Crippen LogP contribution >= 0.6 is 0 Å². The summed E-state index contributed by atoms with van der Waals surface area (Å²) in [5.74, 6) is -0.274. The van der Waals surface area contributed by atoms with Gasteiger partial charge in [0.1, 0.15) is 5.69 Å². The summed E-state index contributed by atoms with van der Waals surface area (Å²) in [7, 11) is 3.99. The van der Waals surface area contributed by atoms with E-state index in [0.29, 0.717) is 5.69 Å². The first-order chi connectivity index (χ1) is 14.5. The van der Waals surface area contributed by atoms with Gasteiger partial charge in [-0.1, -0.05) is 54.1 Å². The first-order valence-corrected chi connectivity index (χ1v) is 9.81. The first-order valence-electron chi connectivity index (χ1n) is 9.81. The minimum absolute atomic E-state index is 0.274. The van der Waals surface area contributed by atoms with Gasteiger partial charge in [-0.3, -0.25) is 4.79 Å². The van der Waals surface area contributed by atoms with Gasteiger partial charge in [-0.15, -0.1) is 0 Å². The van der Waals surface area contributed by atoms with Crippen molar-refractivity contribution < 1.29 is 4.79 Å². The van der Waals surface area contributed by atoms with Crippen molar-refractivity contribution in [3.63, 3.8) is 0 Å². The second kappa shape index (κ2) is 8.25. The molecule has 2 N–H and O–H groups in total. The maximum atomic E-state index is 13.0. The van der Waals surface area contributed by atoms with E-state index in [-0.39, 0.29) is 5.91 Å². The van der Waals surface area contributed by atoms with Gasteiger partial charge in [0, 0.05) is 36.2 Å². The Morgan fingerprint density at radius 3 is 2.43 bits per heavy atom. The molecule has 5 heteroatoms. The third-order valence-electron chi connectivity index (χ3n) is 5.03. The number of aromatic amines is 1. The summed E-state index contributed by atoms with van der Waals surface area (Å²) in [5.41, 5.74) is 9.13. The average Bonchev–Trinajstić information content (AvgIpc) is 3.13. The average molecular weight is 396 g/mol. The summed E-state index contributed by atoms with van der Waals surface area (Å²) < 4.78 is 0. The monoisotopic (exact) mass is 396 g/mol. The maximum absolute atomic E-state index is 13.0. The van der Waals surface area contributed by atoms with Crippen molar-refractivity contribution in [2.24, 2.45) is 5.10 Å². The van der Waals surface area contributed by atoms with E-state index in [1.165, 1.54) is 0 Å². The van der Waals surface area contributed by atoms with E-state index >= 15 is 0 Å². The Balaban J connectivity index is 1.63. The molecule has 1 aromatic heterocycles. The molecular formula is C25H24N4O. The Kier molecular flexibility index (Phi) is 5.35. The van der Waals surface area contributed by atoms with Crippen molar-refractivity contribution in [1.82, 2.24) is 10.4 Å². The SMILES string of the molecule is Cc1ccc2[nH]c(C(=O)N/N=C/c3ccc(N(C)C)cc3)c(-c3ccccc3)c2c1. The predicted molar refractivity (Wildman–Crippen MR) is 124 cm³/mol. The third kappa shape index (κ3) is 3.96. The van der Waals surface area contributed by atoms with Crippen LogP contribution in [0.25, 0.3) is 22.0 Å². The van der Waals surface area contributed by atoms with Crippen LogP contribution in [0, 0.1) is 6.92 Å². The van der Waals surface area contributed by atoms with Gasteiger partial charge in [0.15, 0.2) is 0 Å². The molecule has 0 saturated heterocycles. The maximum Gasteiger partial charge on any atom is 0.288 e. The minimum atomic E-state index is -0.274. The first kappa shape index (κ1) is 19.5. The van der Waals surface area contributed by atoms with E-state index in [1.54, 1.807) is 6.21 Å². The van der Waals surface area contributed by atoms with Crippen molar-refractivity contribution in [2.75, 3.05) is 19.0 Å². The van der Waals surface area contributed by atoms with Crippen LogP contribution in [-0.4, -0.2) is 31.2 Å². The molecular weight excluding hydrogens is 372 g/mol. The Morgan fingerprint density at radius 2 is 1.73 bits per heavy atom. The van der Waals surface area contributed by atoms with Crippen LogP contribution in [0.3, 0.4) is 0 Å². The lowest BCUT2D eigenvalue weighted by atomic mass is 10.0. The lowest BCUT2D eigenvalue weighted by Gasteiger charge is -2.11. The highest BCUT2D eigenvalue weighted by atomic mass is 16.2. The van der Waals surface area contributed by atoms with Gasteiger partial charge in [-0.25, -0.2) is 5.43 Å². The lowest BCUT2D eigenvalue weighted by Crippen LogP contribution is -2.18. The smallest absolute Gasteiger partial charge is 0.288 e. The van der Waals surface area contributed by atoms with Gasteiger partial charge < -0.3 is 9.88 Å². The van der Waals surface area contributed by atoms with Gasteiger partial charge in [0.25, 0.3) is 5.91 Å². The van der Waals surface area contributed by atoms with Crippen molar-refractivity contribution >= 4 is 28.7 Å². The van der Waals surface area contributed by atoms with E-state index in [2.05, 4.69) is 21.6 Å². The quantitative estimate of drug-likeness (QED) is 0.369. The number of carbonyl (C=O) groups excluding carboxylic acids is 1. The number of amides is 1. The Hall–Kier alpha value is -3.86. The summed E-state index contributed by atoms with van der Waals surface area (Å²) in [6.45, 7) is 2.05. The normalized spacial score (nSPS) is 11.2. The molecule has 5 nitrogen and oxygen atoms in total. The molecule has 0 radical (unpaired) electrons. The second-order valence-corrected chi connectivity index (χ2v) is 7.48. The van der Waals surface area contributed by atoms with Crippen molar-refractivity contribution in [1.29, 1.82) is 0 Å². The van der Waals surface area contributed by atoms with Crippen LogP contribution in [0.4, 0.5) is 5.69 Å². The molecule has 0 aliphatic heterocycles. The zero-order valence-corrected chi connectivity index (χ0v) is 17.3. The number of fused-ring (bicyclic) bond motifs is 1. The highest BCUT2D eigenvalue weighted by Crippen LogP contribution is 2.33. The number of hydrogen-bond acceptors (Lipinski definition) is 3. The number of anilines is 1. The number of aromatic nitrogens is 1. The Bertz CT molecular complexity index is 1210. The third-order valence-corrected chi connectivity index (χ3v) is 5.03. The highest BCUT2D eigenvalue weighted by Gasteiger charge is 2.19. The van der Waals surface area contributed by atoms with E-state index < -0.39 is 0 Å². The van der Waals surface area contributed by atoms with Crippen LogP contribution in [0.15, 0.2) is 77.9 Å². The van der Waals surface area contributed by atoms with Gasteiger partial charge in [-0.2, -0.15) is 5.10 Å². The van der Waals surface area contributed by atoms with Gasteiger partial charge in [0.2, 0.25) is 0 Å². The second-order valence-electron chi connectivity index (χ2n) is 7.48.